The summed E-state index contributed by atoms with van der Waals surface area (Å²) < 4.78 is 56.0. The normalized spacial score (nSPS) is 16.6. The second-order valence-corrected chi connectivity index (χ2v) is 25.8. The van der Waals surface area contributed by atoms with Crippen molar-refractivity contribution in [3.05, 3.63) is 87.1 Å². The number of nitrogens with one attached hydrogen (secondary N) is 2. The molecule has 6 rings (SSSR count). The highest BCUT2D eigenvalue weighted by Crippen LogP contribution is 2.42. The number of imide groups is 1. The number of fused-ring (bicyclic) bond motifs is 2. The molecule has 0 spiro atoms. The molecule has 3 aromatic rings. The number of carbonyl (C=O) groups excluding carboxylic acids is 6. The second-order valence-electron chi connectivity index (χ2n) is 25.8. The van der Waals surface area contributed by atoms with E-state index in [9.17, 15) is 38.9 Å². The van der Waals surface area contributed by atoms with E-state index in [1.54, 1.807) is 0 Å². The van der Waals surface area contributed by atoms with Gasteiger partial charge in [-0.25, -0.2) is 4.79 Å². The van der Waals surface area contributed by atoms with Crippen molar-refractivity contribution < 1.29 is 74.8 Å². The minimum atomic E-state index is -4.33. The number of nitro benzene ring substituents is 1. The Morgan fingerprint density at radius 2 is 1.51 bits per heavy atom. The van der Waals surface area contributed by atoms with Crippen molar-refractivity contribution in [1.29, 1.82) is 0 Å². The predicted molar refractivity (Wildman–Crippen MR) is 333 cm³/mol. The summed E-state index contributed by atoms with van der Waals surface area (Å²) in [6.07, 6.45) is 8.04. The number of ketones is 1. The first kappa shape index (κ1) is 70.0. The number of Topliss-reactive ketones (excluding diaryl/α,β-unsaturated/α-hetero) is 1. The van der Waals surface area contributed by atoms with Gasteiger partial charge in [-0.15, -0.1) is 0 Å². The predicted octanol–water partition coefficient (Wildman–Crippen LogP) is 9.14. The Kier molecular flexibility index (Phi) is 25.4. The molecular formula is C64H96BF2N9O12+2. The zero-order chi connectivity index (χ0) is 64.5. The number of benzene rings is 2. The maximum absolute atomic E-state index is 17.7. The van der Waals surface area contributed by atoms with Gasteiger partial charge in [0.1, 0.15) is 24.5 Å². The van der Waals surface area contributed by atoms with Gasteiger partial charge in [0.15, 0.2) is 17.3 Å². The molecule has 0 aliphatic carbocycles. The van der Waals surface area contributed by atoms with Gasteiger partial charge in [0.05, 0.1) is 85.1 Å². The van der Waals surface area contributed by atoms with E-state index >= 15 is 8.63 Å². The number of nitrogens with zero attached hydrogens (tertiary/aromatic N) is 7. The average molecular weight is 1230 g/mol. The van der Waals surface area contributed by atoms with Gasteiger partial charge in [-0.1, -0.05) is 62.1 Å². The van der Waals surface area contributed by atoms with Crippen LogP contribution in [0.2, 0.25) is 0 Å². The van der Waals surface area contributed by atoms with E-state index in [2.05, 4.69) is 66.8 Å². The van der Waals surface area contributed by atoms with E-state index in [0.717, 1.165) is 83.3 Å². The van der Waals surface area contributed by atoms with Crippen molar-refractivity contribution in [3.8, 4) is 22.8 Å². The highest BCUT2D eigenvalue weighted by Gasteiger charge is 2.57. The van der Waals surface area contributed by atoms with E-state index in [4.69, 9.17) is 19.0 Å². The van der Waals surface area contributed by atoms with Crippen LogP contribution in [0.5, 0.6) is 11.5 Å². The van der Waals surface area contributed by atoms with E-state index < -0.39 is 65.6 Å². The molecule has 0 saturated carbocycles. The largest absolute Gasteiger partial charge is 0.732 e. The number of quaternary nitrogens is 2. The molecular weight excluding hydrogens is 1140 g/mol. The molecule has 0 radical (unpaired) electrons. The Bertz CT molecular complexity index is 3000. The molecule has 4 heterocycles. The van der Waals surface area contributed by atoms with Crippen LogP contribution in [0, 0.1) is 16.0 Å². The van der Waals surface area contributed by atoms with Gasteiger partial charge in [0, 0.05) is 75.8 Å². The molecule has 1 saturated heterocycles. The zero-order valence-corrected chi connectivity index (χ0v) is 53.8. The highest BCUT2D eigenvalue weighted by molar-refractivity contribution is 6.58. The summed E-state index contributed by atoms with van der Waals surface area (Å²) in [4.78, 5) is 97.6. The summed E-state index contributed by atoms with van der Waals surface area (Å²) in [7, 11) is 15.7. The number of halogens is 2. The van der Waals surface area contributed by atoms with Crippen LogP contribution in [0.1, 0.15) is 146 Å². The minimum Gasteiger partial charge on any atom is -0.493 e. The molecule has 0 bridgehead atoms. The average Bonchev–Trinajstić information content (AvgIpc) is 1.93. The molecule has 1 fully saturated rings. The van der Waals surface area contributed by atoms with Gasteiger partial charge < -0.3 is 56.3 Å². The van der Waals surface area contributed by atoms with Crippen LogP contribution in [-0.4, -0.2) is 189 Å². The van der Waals surface area contributed by atoms with Gasteiger partial charge in [0.2, 0.25) is 11.8 Å². The fourth-order valence-corrected chi connectivity index (χ4v) is 11.8. The van der Waals surface area contributed by atoms with Crippen molar-refractivity contribution in [2.45, 2.75) is 155 Å². The number of rotatable bonds is 37. The smallest absolute Gasteiger partial charge is 0.493 e. The third-order valence-electron chi connectivity index (χ3n) is 16.7. The molecule has 1 aromatic heterocycles. The molecule has 3 aliphatic heterocycles. The standard InChI is InChI=1S/C64H94BF2N9O12/c1-12-14-23-47-39-50(71-54(47)43-55-48(24-15-13-2)40-53(72(55)65(71,66)67)46-25-17-16-18-26-46)29-30-60(78)69-52(28-20-22-37-76(8,9)10)57(77)41-49(27-19-21-36-75(5,6)7)63(81)68-33-34-70(4)35-38-86-59-44-56(74(83)84)51(42-58(59)85-11)45(3)87-64(82)88-73-61(79)31-32-62(73)80/h16-18,25-26,39-40,42,44-45,49,52,54H,12-15,19-24,27-38,41,43H2,1-11H3/p+2. The third-order valence-corrected chi connectivity index (χ3v) is 16.7. The number of aromatic nitrogens is 1. The zero-order valence-electron chi connectivity index (χ0n) is 53.8. The fraction of sp³-hybridized carbons (Fsp3) is 0.609. The summed E-state index contributed by atoms with van der Waals surface area (Å²) in [6, 6.07) is 12.3. The fourth-order valence-electron chi connectivity index (χ4n) is 11.8. The number of nitro groups is 1. The van der Waals surface area contributed by atoms with Crippen molar-refractivity contribution in [1.82, 2.24) is 25.1 Å². The highest BCUT2D eigenvalue weighted by atomic mass is 19.2. The quantitative estimate of drug-likeness (QED) is 0.0105. The molecule has 88 heavy (non-hydrogen) atoms. The van der Waals surface area contributed by atoms with Crippen LogP contribution in [0.15, 0.2) is 60.2 Å². The number of hydrogen-bond donors (Lipinski definition) is 2. The monoisotopic (exact) mass is 1230 g/mol. The number of aryl methyl sites for hydroxylation is 1. The van der Waals surface area contributed by atoms with Gasteiger partial charge in [-0.05, 0) is 113 Å². The Morgan fingerprint density at radius 1 is 0.864 bits per heavy atom. The van der Waals surface area contributed by atoms with Crippen molar-refractivity contribution >= 4 is 53.9 Å². The van der Waals surface area contributed by atoms with Crippen LogP contribution in [-0.2, 0) is 46.4 Å². The molecule has 2 N–H and O–H groups in total. The van der Waals surface area contributed by atoms with Crippen molar-refractivity contribution in [3.63, 3.8) is 0 Å². The molecule has 4 unspecified atom stereocenters. The summed E-state index contributed by atoms with van der Waals surface area (Å²) in [6.45, 7) is 3.88. The Morgan fingerprint density at radius 3 is 2.14 bits per heavy atom. The minimum absolute atomic E-state index is 0.0376. The summed E-state index contributed by atoms with van der Waals surface area (Å²) >= 11 is 0. The molecule has 4 atom stereocenters. The van der Waals surface area contributed by atoms with Gasteiger partial charge >= 0.3 is 13.1 Å². The van der Waals surface area contributed by atoms with Crippen LogP contribution < -0.4 is 20.1 Å². The van der Waals surface area contributed by atoms with Crippen LogP contribution in [0.25, 0.3) is 11.3 Å². The Labute approximate surface area is 518 Å². The van der Waals surface area contributed by atoms with E-state index in [1.807, 2.05) is 54.4 Å². The van der Waals surface area contributed by atoms with Gasteiger partial charge in [-0.3, -0.25) is 38.9 Å². The lowest BCUT2D eigenvalue weighted by Crippen LogP contribution is -2.57. The second kappa shape index (κ2) is 31.9. The number of methoxy groups -OCH3 is 1. The number of hydroxylamine groups is 2. The van der Waals surface area contributed by atoms with Gasteiger partial charge in [-0.2, -0.15) is 0 Å². The van der Waals surface area contributed by atoms with Crippen molar-refractivity contribution in [2.24, 2.45) is 5.92 Å². The Balaban J connectivity index is 1.12. The lowest BCUT2D eigenvalue weighted by atomic mass is 9.83. The maximum Gasteiger partial charge on any atom is 0.732 e. The number of hydrogen-bond acceptors (Lipinski definition) is 13. The summed E-state index contributed by atoms with van der Waals surface area (Å²) in [5.41, 5.74) is 3.74. The molecule has 24 heteroatoms. The first-order chi connectivity index (χ1) is 41.7. The van der Waals surface area contributed by atoms with Crippen LogP contribution in [0.4, 0.5) is 19.1 Å². The SMILES string of the molecule is CCCCC1=CC(CCC(=O)NC(CCCC[N+](C)(C)C)C(=O)CC(CCCC[N+](C)(C)C)C(=O)NCCN(C)CCOc2cc([N+](=O)[O-])c(C(C)OC(=O)ON3C(=O)CCC3=O)cc2OC)=[N+]2C1Cc1c(CCCC)cc(-c3ccccc3)n1[B-]2(F)F. The van der Waals surface area contributed by atoms with E-state index in [0.29, 0.717) is 80.2 Å². The number of amides is 4. The lowest BCUT2D eigenvalue weighted by molar-refractivity contribution is -0.870. The topological polar surface area (TPSA) is 221 Å². The number of likely N-dealkylation sites (N-methyl/N-ethyl adjacent to an activating group) is 1. The lowest BCUT2D eigenvalue weighted by Gasteiger charge is -2.37. The first-order valence-corrected chi connectivity index (χ1v) is 31.4. The van der Waals surface area contributed by atoms with E-state index in [1.165, 1.54) is 29.1 Å². The Hall–Kier alpha value is -7.05. The summed E-state index contributed by atoms with van der Waals surface area (Å²) in [5, 5.41) is 18.6. The number of carbonyl (C=O) groups is 6. The molecule has 2 aromatic carbocycles. The maximum atomic E-state index is 17.7. The molecule has 3 aliphatic rings. The number of allylic oxidation sites excluding steroid dienone is 1. The third kappa shape index (κ3) is 19.5. The molecule has 484 valence electrons. The van der Waals surface area contributed by atoms with E-state index in [-0.39, 0.29) is 74.0 Å². The number of unbranched alkanes of at least 4 members (excludes halogenated alkanes) is 4. The van der Waals surface area contributed by atoms with Crippen molar-refractivity contribution in [2.75, 3.05) is 95.8 Å². The first-order valence-electron chi connectivity index (χ1n) is 31.4. The number of ether oxygens (including phenoxy) is 3. The summed E-state index contributed by atoms with van der Waals surface area (Å²) in [5.74, 6) is -2.94. The molecule has 4 amide bonds. The van der Waals surface area contributed by atoms with Crippen LogP contribution in [0.3, 0.4) is 0 Å². The van der Waals surface area contributed by atoms with Crippen LogP contribution >= 0.6 is 0 Å². The van der Waals surface area contributed by atoms with Gasteiger partial charge in [0.25, 0.3) is 17.5 Å². The molecule has 21 nitrogen and oxygen atoms in total.